The van der Waals surface area contributed by atoms with Crippen LogP contribution in [0.1, 0.15) is 24.0 Å². The predicted octanol–water partition coefficient (Wildman–Crippen LogP) is 2.51. The molecular formula is C13H13FN2. The first-order valence-electron chi connectivity index (χ1n) is 5.36. The second-order valence-electron chi connectivity index (χ2n) is 3.95. The number of halogens is 1. The molecule has 0 bridgehead atoms. The fourth-order valence-electron chi connectivity index (χ4n) is 1.81. The van der Waals surface area contributed by atoms with E-state index in [-0.39, 0.29) is 5.56 Å². The Morgan fingerprint density at radius 1 is 1.38 bits per heavy atom. The first-order valence-corrected chi connectivity index (χ1v) is 5.36. The molecular weight excluding hydrogens is 203 g/mol. The molecule has 1 aromatic carbocycles. The summed E-state index contributed by atoms with van der Waals surface area (Å²) >= 11 is 0. The van der Waals surface area contributed by atoms with Crippen molar-refractivity contribution in [2.75, 3.05) is 0 Å². The number of nitriles is 1. The van der Waals surface area contributed by atoms with Crippen molar-refractivity contribution in [1.82, 2.24) is 5.32 Å². The highest BCUT2D eigenvalue weighted by molar-refractivity contribution is 5.34. The van der Waals surface area contributed by atoms with Crippen LogP contribution >= 0.6 is 0 Å². The van der Waals surface area contributed by atoms with Gasteiger partial charge in [-0.2, -0.15) is 5.26 Å². The molecule has 0 aliphatic heterocycles. The van der Waals surface area contributed by atoms with Gasteiger partial charge in [0, 0.05) is 12.6 Å². The lowest BCUT2D eigenvalue weighted by Gasteiger charge is -2.11. The number of hydrogen-bond acceptors (Lipinski definition) is 2. The summed E-state index contributed by atoms with van der Waals surface area (Å²) in [7, 11) is 0. The van der Waals surface area contributed by atoms with Gasteiger partial charge in [-0.25, -0.2) is 4.39 Å². The van der Waals surface area contributed by atoms with E-state index in [0.29, 0.717) is 12.6 Å². The van der Waals surface area contributed by atoms with Gasteiger partial charge in [0.05, 0.1) is 5.56 Å². The molecule has 0 atom stereocenters. The van der Waals surface area contributed by atoms with Gasteiger partial charge >= 0.3 is 0 Å². The van der Waals surface area contributed by atoms with Gasteiger partial charge in [-0.05, 0) is 30.5 Å². The molecule has 2 nitrogen and oxygen atoms in total. The van der Waals surface area contributed by atoms with Gasteiger partial charge in [0.1, 0.15) is 11.9 Å². The molecule has 0 radical (unpaired) electrons. The average Bonchev–Trinajstić information content (AvgIpc) is 2.81. The Labute approximate surface area is 94.4 Å². The van der Waals surface area contributed by atoms with Gasteiger partial charge in [0.2, 0.25) is 0 Å². The minimum absolute atomic E-state index is 0.115. The van der Waals surface area contributed by atoms with Crippen molar-refractivity contribution in [3.8, 4) is 6.07 Å². The second kappa shape index (κ2) is 4.91. The summed E-state index contributed by atoms with van der Waals surface area (Å²) in [6, 6.07) is 7.00. The topological polar surface area (TPSA) is 35.8 Å². The zero-order valence-electron chi connectivity index (χ0n) is 8.91. The summed E-state index contributed by atoms with van der Waals surface area (Å²) < 4.78 is 13.1. The molecule has 0 saturated carbocycles. The molecule has 1 aliphatic carbocycles. The van der Waals surface area contributed by atoms with Crippen LogP contribution in [-0.2, 0) is 6.54 Å². The van der Waals surface area contributed by atoms with Crippen LogP contribution in [0, 0.1) is 17.1 Å². The van der Waals surface area contributed by atoms with Crippen molar-refractivity contribution in [3.05, 3.63) is 47.3 Å². The second-order valence-corrected chi connectivity index (χ2v) is 3.95. The van der Waals surface area contributed by atoms with E-state index < -0.39 is 5.82 Å². The van der Waals surface area contributed by atoms with Crippen molar-refractivity contribution in [3.63, 3.8) is 0 Å². The number of nitrogens with zero attached hydrogens (tertiary/aromatic N) is 1. The Hall–Kier alpha value is -1.66. The van der Waals surface area contributed by atoms with Crippen LogP contribution in [0.15, 0.2) is 30.4 Å². The lowest BCUT2D eigenvalue weighted by molar-refractivity contribution is 0.537. The summed E-state index contributed by atoms with van der Waals surface area (Å²) in [5, 5.41) is 12.1. The molecule has 1 N–H and O–H groups in total. The Morgan fingerprint density at radius 2 is 2.12 bits per heavy atom. The third kappa shape index (κ3) is 2.47. The SMILES string of the molecule is N#Cc1cc(CNC2CC=CC2)ccc1F. The van der Waals surface area contributed by atoms with Gasteiger partial charge in [-0.3, -0.25) is 0 Å². The molecule has 2 rings (SSSR count). The fourth-order valence-corrected chi connectivity index (χ4v) is 1.81. The van der Waals surface area contributed by atoms with Crippen molar-refractivity contribution >= 4 is 0 Å². The van der Waals surface area contributed by atoms with E-state index in [1.54, 1.807) is 12.1 Å². The van der Waals surface area contributed by atoms with E-state index in [9.17, 15) is 4.39 Å². The quantitative estimate of drug-likeness (QED) is 0.788. The molecule has 0 amide bonds. The lowest BCUT2D eigenvalue weighted by atomic mass is 10.1. The van der Waals surface area contributed by atoms with Crippen LogP contribution in [-0.4, -0.2) is 6.04 Å². The third-order valence-corrected chi connectivity index (χ3v) is 2.75. The van der Waals surface area contributed by atoms with Crippen molar-refractivity contribution in [2.24, 2.45) is 0 Å². The van der Waals surface area contributed by atoms with Gasteiger partial charge in [-0.1, -0.05) is 18.2 Å². The highest BCUT2D eigenvalue weighted by Crippen LogP contribution is 2.12. The standard InChI is InChI=1S/C13H13FN2/c14-13-6-5-10(7-11(13)8-15)9-16-12-3-1-2-4-12/h1-2,5-7,12,16H,3-4,9H2. The van der Waals surface area contributed by atoms with Crippen LogP contribution in [0.25, 0.3) is 0 Å². The van der Waals surface area contributed by atoms with Crippen LogP contribution in [0.3, 0.4) is 0 Å². The molecule has 0 spiro atoms. The van der Waals surface area contributed by atoms with Crippen LogP contribution in [0.4, 0.5) is 4.39 Å². The van der Waals surface area contributed by atoms with Gasteiger partial charge in [0.25, 0.3) is 0 Å². The van der Waals surface area contributed by atoms with Gasteiger partial charge in [-0.15, -0.1) is 0 Å². The Kier molecular flexibility index (Phi) is 3.33. The zero-order valence-corrected chi connectivity index (χ0v) is 8.91. The summed E-state index contributed by atoms with van der Waals surface area (Å²) in [6.07, 6.45) is 6.41. The summed E-state index contributed by atoms with van der Waals surface area (Å²) in [4.78, 5) is 0. The maximum absolute atomic E-state index is 13.1. The maximum Gasteiger partial charge on any atom is 0.140 e. The Balaban J connectivity index is 1.97. The molecule has 0 fully saturated rings. The van der Waals surface area contributed by atoms with E-state index in [0.717, 1.165) is 18.4 Å². The van der Waals surface area contributed by atoms with Crippen molar-refractivity contribution in [1.29, 1.82) is 5.26 Å². The third-order valence-electron chi connectivity index (χ3n) is 2.75. The zero-order chi connectivity index (χ0) is 11.4. The Morgan fingerprint density at radius 3 is 2.81 bits per heavy atom. The number of benzene rings is 1. The molecule has 16 heavy (non-hydrogen) atoms. The maximum atomic E-state index is 13.1. The normalized spacial score (nSPS) is 15.2. The molecule has 3 heteroatoms. The van der Waals surface area contributed by atoms with E-state index >= 15 is 0 Å². The predicted molar refractivity (Wildman–Crippen MR) is 60.1 cm³/mol. The molecule has 0 saturated heterocycles. The van der Waals surface area contributed by atoms with Crippen LogP contribution in [0.2, 0.25) is 0 Å². The molecule has 1 aliphatic rings. The fraction of sp³-hybridized carbons (Fsp3) is 0.308. The first kappa shape index (κ1) is 10.8. The highest BCUT2D eigenvalue weighted by atomic mass is 19.1. The van der Waals surface area contributed by atoms with Gasteiger partial charge in [0.15, 0.2) is 0 Å². The van der Waals surface area contributed by atoms with E-state index in [1.165, 1.54) is 6.07 Å². The van der Waals surface area contributed by atoms with E-state index in [4.69, 9.17) is 5.26 Å². The number of rotatable bonds is 3. The summed E-state index contributed by atoms with van der Waals surface area (Å²) in [6.45, 7) is 0.682. The molecule has 82 valence electrons. The van der Waals surface area contributed by atoms with Crippen molar-refractivity contribution < 1.29 is 4.39 Å². The average molecular weight is 216 g/mol. The van der Waals surface area contributed by atoms with E-state index in [2.05, 4.69) is 17.5 Å². The van der Waals surface area contributed by atoms with Crippen molar-refractivity contribution in [2.45, 2.75) is 25.4 Å². The number of hydrogen-bond donors (Lipinski definition) is 1. The van der Waals surface area contributed by atoms with Crippen LogP contribution < -0.4 is 5.32 Å². The minimum atomic E-state index is -0.450. The van der Waals surface area contributed by atoms with Gasteiger partial charge < -0.3 is 5.32 Å². The highest BCUT2D eigenvalue weighted by Gasteiger charge is 2.09. The molecule has 0 heterocycles. The molecule has 0 unspecified atom stereocenters. The largest absolute Gasteiger partial charge is 0.309 e. The molecule has 1 aromatic rings. The minimum Gasteiger partial charge on any atom is -0.309 e. The monoisotopic (exact) mass is 216 g/mol. The first-order chi connectivity index (χ1) is 7.79. The summed E-state index contributed by atoms with van der Waals surface area (Å²) in [5.41, 5.74) is 1.06. The Bertz CT molecular complexity index is 438. The lowest BCUT2D eigenvalue weighted by Crippen LogP contribution is -2.25. The smallest absolute Gasteiger partial charge is 0.140 e. The van der Waals surface area contributed by atoms with E-state index in [1.807, 2.05) is 6.07 Å². The summed E-state index contributed by atoms with van der Waals surface area (Å²) in [5.74, 6) is -0.450. The molecule has 0 aromatic heterocycles. The van der Waals surface area contributed by atoms with Crippen LogP contribution in [0.5, 0.6) is 0 Å². The number of nitrogens with one attached hydrogen (secondary N) is 1.